The Kier molecular flexibility index (Phi) is 4.57. The number of quaternary nitrogens is 1. The van der Waals surface area contributed by atoms with E-state index in [2.05, 4.69) is 18.3 Å². The predicted octanol–water partition coefficient (Wildman–Crippen LogP) is 5.92. The number of hydrogen-bond acceptors (Lipinski definition) is 1. The number of halogens is 2. The van der Waals surface area contributed by atoms with E-state index >= 15 is 0 Å². The molecule has 4 bridgehead atoms. The van der Waals surface area contributed by atoms with Gasteiger partial charge in [-0.1, -0.05) is 23.2 Å². The first-order chi connectivity index (χ1) is 13.0. The van der Waals surface area contributed by atoms with Crippen LogP contribution in [-0.4, -0.2) is 6.04 Å². The second-order valence-corrected chi connectivity index (χ2v) is 10.2. The van der Waals surface area contributed by atoms with Crippen molar-refractivity contribution >= 4 is 23.2 Å². The van der Waals surface area contributed by atoms with E-state index in [1.165, 1.54) is 38.5 Å². The van der Waals surface area contributed by atoms with Crippen LogP contribution in [0.5, 0.6) is 0 Å². The van der Waals surface area contributed by atoms with E-state index in [1.54, 1.807) is 6.07 Å². The first-order valence-corrected chi connectivity index (χ1v) is 11.1. The zero-order valence-electron chi connectivity index (χ0n) is 15.9. The van der Waals surface area contributed by atoms with Crippen LogP contribution < -0.4 is 5.32 Å². The molecule has 0 spiro atoms. The fraction of sp³-hybridized carbons (Fsp3) is 0.565. The van der Waals surface area contributed by atoms with Crippen LogP contribution in [0.3, 0.4) is 0 Å². The predicted molar refractivity (Wildman–Crippen MR) is 110 cm³/mol. The summed E-state index contributed by atoms with van der Waals surface area (Å²) >= 11 is 12.4. The summed E-state index contributed by atoms with van der Waals surface area (Å²) in [6, 6.07) is 10.2. The van der Waals surface area contributed by atoms with Crippen LogP contribution in [0.2, 0.25) is 10.0 Å². The molecule has 4 aliphatic rings. The van der Waals surface area contributed by atoms with Crippen LogP contribution in [0.4, 0.5) is 0 Å². The Labute approximate surface area is 171 Å². The van der Waals surface area contributed by atoms with Crippen LogP contribution >= 0.6 is 23.2 Å². The second-order valence-electron chi connectivity index (χ2n) is 9.40. The standard InChI is InChI=1S/C23H27Cl2NO/c1-14(23-10-15-6-16(11-23)8-17(7-15)12-23)26-13-19-3-5-22(27-19)20-9-18(24)2-4-21(20)25/h2-5,9,14-17,26H,6-8,10-13H2,1H3/p+1/t14-,15?,16?,17?,23?/m0/s1. The molecule has 0 saturated heterocycles. The van der Waals surface area contributed by atoms with Crippen LogP contribution in [0.1, 0.15) is 51.2 Å². The van der Waals surface area contributed by atoms with Crippen molar-refractivity contribution in [1.82, 2.24) is 0 Å². The van der Waals surface area contributed by atoms with E-state index in [4.69, 9.17) is 27.6 Å². The molecule has 0 amide bonds. The highest BCUT2D eigenvalue weighted by molar-refractivity contribution is 6.35. The van der Waals surface area contributed by atoms with Crippen molar-refractivity contribution in [3.8, 4) is 11.3 Å². The zero-order chi connectivity index (χ0) is 18.6. The molecular formula is C23H28Cl2NO+. The minimum absolute atomic E-state index is 0.570. The Morgan fingerprint density at radius 3 is 2.37 bits per heavy atom. The third-order valence-electron chi connectivity index (χ3n) is 7.58. The van der Waals surface area contributed by atoms with Crippen LogP contribution in [0, 0.1) is 23.2 Å². The lowest BCUT2D eigenvalue weighted by molar-refractivity contribution is -0.718. The van der Waals surface area contributed by atoms with Crippen LogP contribution in [-0.2, 0) is 6.54 Å². The quantitative estimate of drug-likeness (QED) is 0.657. The minimum atomic E-state index is 0.570. The molecule has 0 radical (unpaired) electrons. The highest BCUT2D eigenvalue weighted by Gasteiger charge is 2.54. The topological polar surface area (TPSA) is 29.8 Å². The monoisotopic (exact) mass is 404 g/mol. The number of furan rings is 1. The molecule has 0 unspecified atom stereocenters. The lowest BCUT2D eigenvalue weighted by Crippen LogP contribution is -2.91. The number of benzene rings is 1. The van der Waals surface area contributed by atoms with Crippen molar-refractivity contribution in [1.29, 1.82) is 0 Å². The maximum absolute atomic E-state index is 6.32. The Balaban J connectivity index is 1.27. The number of rotatable bonds is 5. The summed E-state index contributed by atoms with van der Waals surface area (Å²) in [5, 5.41) is 3.86. The Hall–Kier alpha value is -0.960. The molecule has 1 heterocycles. The molecule has 1 atom stereocenters. The Morgan fingerprint density at radius 2 is 1.70 bits per heavy atom. The number of hydrogen-bond donors (Lipinski definition) is 1. The zero-order valence-corrected chi connectivity index (χ0v) is 17.4. The second kappa shape index (κ2) is 6.83. The molecule has 27 heavy (non-hydrogen) atoms. The molecule has 4 aliphatic carbocycles. The van der Waals surface area contributed by atoms with Crippen molar-refractivity contribution in [2.75, 3.05) is 0 Å². The normalized spacial score (nSPS) is 32.8. The molecule has 6 rings (SSSR count). The molecule has 2 N–H and O–H groups in total. The average Bonchev–Trinajstić information content (AvgIpc) is 3.09. The molecule has 1 aromatic heterocycles. The molecular weight excluding hydrogens is 377 g/mol. The van der Waals surface area contributed by atoms with Crippen molar-refractivity contribution in [3.05, 3.63) is 46.1 Å². The van der Waals surface area contributed by atoms with Gasteiger partial charge in [0.1, 0.15) is 12.3 Å². The summed E-state index contributed by atoms with van der Waals surface area (Å²) < 4.78 is 6.10. The van der Waals surface area contributed by atoms with Crippen molar-refractivity contribution in [2.24, 2.45) is 23.2 Å². The lowest BCUT2D eigenvalue weighted by atomic mass is 9.48. The van der Waals surface area contributed by atoms with Crippen LogP contribution in [0.25, 0.3) is 11.3 Å². The van der Waals surface area contributed by atoms with Gasteiger partial charge in [-0.15, -0.1) is 0 Å². The van der Waals surface area contributed by atoms with Gasteiger partial charge < -0.3 is 9.73 Å². The molecule has 2 nitrogen and oxygen atoms in total. The minimum Gasteiger partial charge on any atom is -0.455 e. The Bertz CT molecular complexity index is 807. The van der Waals surface area contributed by atoms with Gasteiger partial charge in [-0.3, -0.25) is 0 Å². The molecule has 4 saturated carbocycles. The van der Waals surface area contributed by atoms with E-state index in [-0.39, 0.29) is 0 Å². The van der Waals surface area contributed by atoms with Gasteiger partial charge in [0.15, 0.2) is 5.76 Å². The van der Waals surface area contributed by atoms with E-state index in [9.17, 15) is 0 Å². The summed E-state index contributed by atoms with van der Waals surface area (Å²) in [4.78, 5) is 0. The van der Waals surface area contributed by atoms with Gasteiger partial charge in [0, 0.05) is 16.0 Å². The SMILES string of the molecule is C[C@H]([NH2+]Cc1ccc(-c2cc(Cl)ccc2Cl)o1)C12CC3CC(CC(C3)C1)C2. The van der Waals surface area contributed by atoms with Gasteiger partial charge in [-0.05, 0) is 93.5 Å². The highest BCUT2D eigenvalue weighted by Crippen LogP contribution is 2.60. The fourth-order valence-electron chi connectivity index (χ4n) is 6.60. The molecule has 0 aliphatic heterocycles. The van der Waals surface area contributed by atoms with Gasteiger partial charge in [-0.25, -0.2) is 0 Å². The first kappa shape index (κ1) is 18.1. The maximum atomic E-state index is 6.32. The van der Waals surface area contributed by atoms with Gasteiger partial charge in [0.05, 0.1) is 11.1 Å². The van der Waals surface area contributed by atoms with E-state index in [0.717, 1.165) is 41.4 Å². The van der Waals surface area contributed by atoms with E-state index in [0.29, 0.717) is 21.5 Å². The fourth-order valence-corrected chi connectivity index (χ4v) is 6.98. The van der Waals surface area contributed by atoms with Gasteiger partial charge in [-0.2, -0.15) is 0 Å². The average molecular weight is 405 g/mol. The molecule has 144 valence electrons. The first-order valence-electron chi connectivity index (χ1n) is 10.4. The largest absolute Gasteiger partial charge is 0.455 e. The summed E-state index contributed by atoms with van der Waals surface area (Å²) in [5.74, 6) is 4.83. The third kappa shape index (κ3) is 3.34. The Morgan fingerprint density at radius 1 is 1.04 bits per heavy atom. The lowest BCUT2D eigenvalue weighted by Gasteiger charge is -2.57. The van der Waals surface area contributed by atoms with Crippen molar-refractivity contribution in [3.63, 3.8) is 0 Å². The molecule has 4 heteroatoms. The van der Waals surface area contributed by atoms with Crippen molar-refractivity contribution < 1.29 is 9.73 Å². The summed E-state index contributed by atoms with van der Waals surface area (Å²) in [6.45, 7) is 3.34. The van der Waals surface area contributed by atoms with Gasteiger partial charge in [0.25, 0.3) is 0 Å². The molecule has 4 fully saturated rings. The van der Waals surface area contributed by atoms with Gasteiger partial charge >= 0.3 is 0 Å². The smallest absolute Gasteiger partial charge is 0.158 e. The molecule has 1 aromatic carbocycles. The van der Waals surface area contributed by atoms with E-state index < -0.39 is 0 Å². The summed E-state index contributed by atoms with van der Waals surface area (Å²) in [6.07, 6.45) is 8.89. The third-order valence-corrected chi connectivity index (χ3v) is 8.14. The summed E-state index contributed by atoms with van der Waals surface area (Å²) in [7, 11) is 0. The molecule has 2 aromatic rings. The summed E-state index contributed by atoms with van der Waals surface area (Å²) in [5.41, 5.74) is 1.44. The van der Waals surface area contributed by atoms with Gasteiger partial charge in [0.2, 0.25) is 0 Å². The highest BCUT2D eigenvalue weighted by atomic mass is 35.5. The van der Waals surface area contributed by atoms with E-state index in [1.807, 2.05) is 18.2 Å². The maximum Gasteiger partial charge on any atom is 0.158 e. The van der Waals surface area contributed by atoms with Crippen molar-refractivity contribution in [2.45, 2.75) is 58.0 Å². The number of nitrogens with two attached hydrogens (primary N) is 1. The van der Waals surface area contributed by atoms with Crippen LogP contribution in [0.15, 0.2) is 34.7 Å².